The summed E-state index contributed by atoms with van der Waals surface area (Å²) >= 11 is 6.10. The summed E-state index contributed by atoms with van der Waals surface area (Å²) in [5, 5.41) is 0.573. The van der Waals surface area contributed by atoms with Gasteiger partial charge in [-0.15, -0.1) is 0 Å². The Hall–Kier alpha value is -2.93. The fourth-order valence-electron chi connectivity index (χ4n) is 3.56. The maximum absolute atomic E-state index is 12.7. The van der Waals surface area contributed by atoms with Crippen LogP contribution in [0.15, 0.2) is 47.3 Å². The van der Waals surface area contributed by atoms with E-state index >= 15 is 0 Å². The maximum atomic E-state index is 12.7. The van der Waals surface area contributed by atoms with Crippen LogP contribution in [0.4, 0.5) is 5.69 Å². The Morgan fingerprint density at radius 3 is 2.64 bits per heavy atom. The predicted molar refractivity (Wildman–Crippen MR) is 109 cm³/mol. The molecule has 1 fully saturated rings. The van der Waals surface area contributed by atoms with Crippen LogP contribution in [0.3, 0.4) is 0 Å². The molecule has 0 unspecified atom stereocenters. The highest BCUT2D eigenvalue weighted by Gasteiger charge is 2.23. The topological polar surface area (TPSA) is 70.6 Å². The number of benzene rings is 2. The fourth-order valence-corrected chi connectivity index (χ4v) is 3.75. The van der Waals surface area contributed by atoms with E-state index in [1.807, 2.05) is 42.5 Å². The van der Waals surface area contributed by atoms with Gasteiger partial charge in [-0.1, -0.05) is 23.7 Å². The molecule has 0 aliphatic carbocycles. The number of imidazole rings is 1. The molecule has 0 saturated carbocycles. The van der Waals surface area contributed by atoms with Gasteiger partial charge in [-0.3, -0.25) is 9.36 Å². The minimum Gasteiger partial charge on any atom is -0.495 e. The molecule has 0 spiro atoms. The predicted octanol–water partition coefficient (Wildman–Crippen LogP) is 2.34. The Balaban J connectivity index is 1.43. The summed E-state index contributed by atoms with van der Waals surface area (Å²) in [6.07, 6.45) is 0. The van der Waals surface area contributed by atoms with Crippen LogP contribution >= 0.6 is 11.6 Å². The molecule has 8 heteroatoms. The number of rotatable bonds is 4. The van der Waals surface area contributed by atoms with Gasteiger partial charge in [-0.25, -0.2) is 4.79 Å². The van der Waals surface area contributed by atoms with Crippen molar-refractivity contribution in [1.82, 2.24) is 14.5 Å². The molecule has 7 nitrogen and oxygen atoms in total. The van der Waals surface area contributed by atoms with Crippen LogP contribution in [-0.4, -0.2) is 53.6 Å². The van der Waals surface area contributed by atoms with Crippen LogP contribution < -0.4 is 15.3 Å². The minimum absolute atomic E-state index is 0.0393. The highest BCUT2D eigenvalue weighted by atomic mass is 35.5. The lowest BCUT2D eigenvalue weighted by molar-refractivity contribution is -0.132. The smallest absolute Gasteiger partial charge is 0.326 e. The molecule has 146 valence electrons. The molecule has 1 aromatic heterocycles. The first-order valence-electron chi connectivity index (χ1n) is 9.10. The number of anilines is 1. The van der Waals surface area contributed by atoms with Gasteiger partial charge < -0.3 is 19.5 Å². The number of nitrogens with one attached hydrogen (secondary N) is 1. The van der Waals surface area contributed by atoms with Crippen molar-refractivity contribution in [3.05, 3.63) is 58.0 Å². The number of H-pyrrole nitrogens is 1. The number of piperazine rings is 1. The third-order valence-electron chi connectivity index (χ3n) is 5.11. The van der Waals surface area contributed by atoms with Crippen molar-refractivity contribution < 1.29 is 9.53 Å². The number of carbonyl (C=O) groups excluding carboxylic acids is 1. The van der Waals surface area contributed by atoms with Crippen molar-refractivity contribution >= 4 is 34.2 Å². The summed E-state index contributed by atoms with van der Waals surface area (Å²) in [5.41, 5.74) is 2.23. The fraction of sp³-hybridized carbons (Fsp3) is 0.300. The Labute approximate surface area is 167 Å². The number of ether oxygens (including phenoxy) is 1. The zero-order valence-electron chi connectivity index (χ0n) is 15.5. The molecule has 1 aliphatic rings. The number of hydrogen-bond acceptors (Lipinski definition) is 4. The van der Waals surface area contributed by atoms with Gasteiger partial charge >= 0.3 is 5.69 Å². The Morgan fingerprint density at radius 1 is 1.14 bits per heavy atom. The molecule has 2 heterocycles. The molecule has 28 heavy (non-hydrogen) atoms. The average Bonchev–Trinajstić information content (AvgIpc) is 3.03. The molecule has 4 rings (SSSR count). The molecule has 1 aliphatic heterocycles. The lowest BCUT2D eigenvalue weighted by atomic mass is 10.2. The first-order chi connectivity index (χ1) is 13.6. The van der Waals surface area contributed by atoms with Crippen molar-refractivity contribution in [2.24, 2.45) is 0 Å². The van der Waals surface area contributed by atoms with E-state index in [4.69, 9.17) is 16.3 Å². The summed E-state index contributed by atoms with van der Waals surface area (Å²) in [5.74, 6) is 0.580. The molecule has 1 N–H and O–H groups in total. The number of carbonyl (C=O) groups is 1. The molecule has 1 saturated heterocycles. The lowest BCUT2D eigenvalue weighted by Crippen LogP contribution is -2.50. The highest BCUT2D eigenvalue weighted by Crippen LogP contribution is 2.29. The maximum Gasteiger partial charge on any atom is 0.326 e. The van der Waals surface area contributed by atoms with E-state index in [0.29, 0.717) is 37.0 Å². The van der Waals surface area contributed by atoms with Crippen LogP contribution in [0.1, 0.15) is 0 Å². The largest absolute Gasteiger partial charge is 0.495 e. The summed E-state index contributed by atoms with van der Waals surface area (Å²) in [6.45, 7) is 2.65. The third kappa shape index (κ3) is 3.45. The Morgan fingerprint density at radius 2 is 1.89 bits per heavy atom. The monoisotopic (exact) mass is 400 g/mol. The third-order valence-corrected chi connectivity index (χ3v) is 5.42. The Bertz CT molecular complexity index is 1070. The average molecular weight is 401 g/mol. The summed E-state index contributed by atoms with van der Waals surface area (Å²) < 4.78 is 6.78. The van der Waals surface area contributed by atoms with Gasteiger partial charge in [0, 0.05) is 37.9 Å². The van der Waals surface area contributed by atoms with Gasteiger partial charge in [-0.2, -0.15) is 0 Å². The van der Waals surface area contributed by atoms with E-state index in [1.54, 1.807) is 12.0 Å². The number of aromatic amines is 1. The van der Waals surface area contributed by atoms with E-state index in [1.165, 1.54) is 4.57 Å². The summed E-state index contributed by atoms with van der Waals surface area (Å²) in [6, 6.07) is 13.1. The SMILES string of the molecule is COc1cc(N2CCN(C(=O)Cn3c(=O)[nH]c4ccccc43)CC2)ccc1Cl. The normalized spacial score (nSPS) is 14.5. The highest BCUT2D eigenvalue weighted by molar-refractivity contribution is 6.32. The molecule has 3 aromatic rings. The second kappa shape index (κ2) is 7.59. The minimum atomic E-state index is -0.263. The van der Waals surface area contributed by atoms with Gasteiger partial charge in [0.05, 0.1) is 23.2 Å². The van der Waals surface area contributed by atoms with Crippen LogP contribution in [0, 0.1) is 0 Å². The number of amides is 1. The number of hydrogen-bond donors (Lipinski definition) is 1. The zero-order chi connectivity index (χ0) is 19.7. The van der Waals surface area contributed by atoms with Crippen molar-refractivity contribution in [3.8, 4) is 5.75 Å². The second-order valence-electron chi connectivity index (χ2n) is 6.72. The first-order valence-corrected chi connectivity index (χ1v) is 9.48. The van der Waals surface area contributed by atoms with Crippen LogP contribution in [0.2, 0.25) is 5.02 Å². The summed E-state index contributed by atoms with van der Waals surface area (Å²) in [4.78, 5) is 31.7. The molecule has 0 radical (unpaired) electrons. The van der Waals surface area contributed by atoms with Crippen molar-refractivity contribution in [1.29, 1.82) is 0 Å². The van der Waals surface area contributed by atoms with Crippen LogP contribution in [-0.2, 0) is 11.3 Å². The number of aromatic nitrogens is 2. The number of nitrogens with zero attached hydrogens (tertiary/aromatic N) is 3. The van der Waals surface area contributed by atoms with Gasteiger partial charge in [-0.05, 0) is 24.3 Å². The molecule has 0 bridgehead atoms. The van der Waals surface area contributed by atoms with Crippen LogP contribution in [0.5, 0.6) is 5.75 Å². The standard InChI is InChI=1S/C20H21ClN4O3/c1-28-18-12-14(6-7-15(18)21)23-8-10-24(11-9-23)19(26)13-25-17-5-3-2-4-16(17)22-20(25)27/h2-7,12H,8-11,13H2,1H3,(H,22,27). The number of methoxy groups -OCH3 is 1. The van der Waals surface area contributed by atoms with E-state index in [0.717, 1.165) is 16.7 Å². The Kier molecular flexibility index (Phi) is 5.00. The van der Waals surface area contributed by atoms with Crippen molar-refractivity contribution in [2.75, 3.05) is 38.2 Å². The van der Waals surface area contributed by atoms with Gasteiger partial charge in [0.2, 0.25) is 5.91 Å². The molecule has 1 amide bonds. The van der Waals surface area contributed by atoms with E-state index < -0.39 is 0 Å². The molecular weight excluding hydrogens is 380 g/mol. The van der Waals surface area contributed by atoms with E-state index in [2.05, 4.69) is 9.88 Å². The van der Waals surface area contributed by atoms with Gasteiger partial charge in [0.1, 0.15) is 12.3 Å². The molecular formula is C20H21ClN4O3. The van der Waals surface area contributed by atoms with Gasteiger partial charge in [0.25, 0.3) is 0 Å². The van der Waals surface area contributed by atoms with E-state index in [-0.39, 0.29) is 18.1 Å². The summed E-state index contributed by atoms with van der Waals surface area (Å²) in [7, 11) is 1.59. The molecule has 2 aromatic carbocycles. The van der Waals surface area contributed by atoms with Crippen LogP contribution in [0.25, 0.3) is 11.0 Å². The number of fused-ring (bicyclic) bond motifs is 1. The second-order valence-corrected chi connectivity index (χ2v) is 7.13. The van der Waals surface area contributed by atoms with E-state index in [9.17, 15) is 9.59 Å². The lowest BCUT2D eigenvalue weighted by Gasteiger charge is -2.36. The quantitative estimate of drug-likeness (QED) is 0.729. The number of para-hydroxylation sites is 2. The number of halogens is 1. The first kappa shape index (κ1) is 18.4. The zero-order valence-corrected chi connectivity index (χ0v) is 16.3. The van der Waals surface area contributed by atoms with Crippen molar-refractivity contribution in [3.63, 3.8) is 0 Å². The van der Waals surface area contributed by atoms with Crippen molar-refractivity contribution in [2.45, 2.75) is 6.54 Å². The molecule has 0 atom stereocenters. The van der Waals surface area contributed by atoms with Gasteiger partial charge in [0.15, 0.2) is 0 Å².